The standard InChI is InChI=1S/C20H20N2O2/c1-14-2-8-19-18(12-14)16(13-22-19)10-11-21-20(24)9-5-15-3-6-17(23)7-4-15/h2-9,12-13,22-23H,10-11H2,1H3,(H,21,24)/b9-5+. The number of nitrogens with one attached hydrogen (secondary N) is 2. The van der Waals surface area contributed by atoms with Gasteiger partial charge < -0.3 is 15.4 Å². The maximum Gasteiger partial charge on any atom is 0.244 e. The van der Waals surface area contributed by atoms with E-state index in [1.54, 1.807) is 30.3 Å². The van der Waals surface area contributed by atoms with Crippen molar-refractivity contribution in [1.29, 1.82) is 0 Å². The fourth-order valence-corrected chi connectivity index (χ4v) is 2.64. The topological polar surface area (TPSA) is 65.1 Å². The van der Waals surface area contributed by atoms with E-state index in [0.717, 1.165) is 17.5 Å². The SMILES string of the molecule is Cc1ccc2[nH]cc(CCNC(=O)/C=C/c3ccc(O)cc3)c2c1. The van der Waals surface area contributed by atoms with Crippen LogP contribution in [0.5, 0.6) is 5.75 Å². The van der Waals surface area contributed by atoms with Gasteiger partial charge in [0.15, 0.2) is 0 Å². The summed E-state index contributed by atoms with van der Waals surface area (Å²) in [4.78, 5) is 15.1. The number of fused-ring (bicyclic) bond motifs is 1. The van der Waals surface area contributed by atoms with Gasteiger partial charge in [-0.3, -0.25) is 4.79 Å². The van der Waals surface area contributed by atoms with Gasteiger partial charge in [-0.1, -0.05) is 23.8 Å². The molecule has 2 aromatic carbocycles. The molecule has 0 saturated heterocycles. The van der Waals surface area contributed by atoms with Crippen molar-refractivity contribution in [2.75, 3.05) is 6.54 Å². The van der Waals surface area contributed by atoms with Crippen molar-refractivity contribution in [3.05, 3.63) is 71.4 Å². The van der Waals surface area contributed by atoms with E-state index in [1.165, 1.54) is 22.6 Å². The van der Waals surface area contributed by atoms with E-state index in [0.29, 0.717) is 6.54 Å². The van der Waals surface area contributed by atoms with Crippen LogP contribution in [0.25, 0.3) is 17.0 Å². The third-order valence-electron chi connectivity index (χ3n) is 3.94. The lowest BCUT2D eigenvalue weighted by Gasteiger charge is -2.02. The maximum atomic E-state index is 11.9. The van der Waals surface area contributed by atoms with Crippen LogP contribution < -0.4 is 5.32 Å². The second kappa shape index (κ2) is 7.04. The summed E-state index contributed by atoms with van der Waals surface area (Å²) in [5.74, 6) is 0.0877. The molecule has 1 amide bonds. The molecule has 1 aromatic heterocycles. The first-order chi connectivity index (χ1) is 11.6. The molecule has 24 heavy (non-hydrogen) atoms. The summed E-state index contributed by atoms with van der Waals surface area (Å²) in [6.07, 6.45) is 6.01. The number of phenols is 1. The zero-order chi connectivity index (χ0) is 16.9. The average Bonchev–Trinajstić information content (AvgIpc) is 2.97. The monoisotopic (exact) mass is 320 g/mol. The van der Waals surface area contributed by atoms with Gasteiger partial charge in [0.25, 0.3) is 0 Å². The molecule has 3 N–H and O–H groups in total. The molecule has 0 saturated carbocycles. The molecule has 0 aliphatic carbocycles. The summed E-state index contributed by atoms with van der Waals surface area (Å²) in [5, 5.41) is 13.3. The molecule has 0 unspecified atom stereocenters. The van der Waals surface area contributed by atoms with Gasteiger partial charge in [0.05, 0.1) is 0 Å². The van der Waals surface area contributed by atoms with Gasteiger partial charge in [-0.15, -0.1) is 0 Å². The van der Waals surface area contributed by atoms with Crippen molar-refractivity contribution < 1.29 is 9.90 Å². The number of aromatic nitrogens is 1. The summed E-state index contributed by atoms with van der Waals surface area (Å²) >= 11 is 0. The first-order valence-corrected chi connectivity index (χ1v) is 7.93. The van der Waals surface area contributed by atoms with Crippen LogP contribution in [0.1, 0.15) is 16.7 Å². The maximum absolute atomic E-state index is 11.9. The van der Waals surface area contributed by atoms with Gasteiger partial charge in [0, 0.05) is 29.7 Å². The van der Waals surface area contributed by atoms with Crippen LogP contribution in [0.4, 0.5) is 0 Å². The highest BCUT2D eigenvalue weighted by molar-refractivity contribution is 5.91. The molecule has 1 heterocycles. The van der Waals surface area contributed by atoms with E-state index >= 15 is 0 Å². The van der Waals surface area contributed by atoms with Crippen molar-refractivity contribution >= 4 is 22.9 Å². The van der Waals surface area contributed by atoms with Crippen LogP contribution in [0, 0.1) is 6.92 Å². The summed E-state index contributed by atoms with van der Waals surface area (Å²) in [6, 6.07) is 13.0. The molecule has 0 radical (unpaired) electrons. The summed E-state index contributed by atoms with van der Waals surface area (Å²) in [6.45, 7) is 2.66. The molecule has 4 nitrogen and oxygen atoms in total. The fourth-order valence-electron chi connectivity index (χ4n) is 2.64. The number of H-pyrrole nitrogens is 1. The molecule has 0 aliphatic rings. The largest absolute Gasteiger partial charge is 0.508 e. The number of carbonyl (C=O) groups is 1. The third-order valence-corrected chi connectivity index (χ3v) is 3.94. The zero-order valence-electron chi connectivity index (χ0n) is 13.5. The number of amides is 1. The first-order valence-electron chi connectivity index (χ1n) is 7.93. The molecule has 3 rings (SSSR count). The lowest BCUT2D eigenvalue weighted by atomic mass is 10.1. The first kappa shape index (κ1) is 15.9. The molecule has 0 fully saturated rings. The number of aromatic amines is 1. The second-order valence-corrected chi connectivity index (χ2v) is 5.83. The Kier molecular flexibility index (Phi) is 4.66. The van der Waals surface area contributed by atoms with Crippen LogP contribution in [0.3, 0.4) is 0 Å². The Morgan fingerprint density at radius 1 is 1.21 bits per heavy atom. The highest BCUT2D eigenvalue weighted by atomic mass is 16.3. The van der Waals surface area contributed by atoms with Crippen LogP contribution in [-0.4, -0.2) is 22.5 Å². The Hall–Kier alpha value is -3.01. The summed E-state index contributed by atoms with van der Waals surface area (Å²) < 4.78 is 0. The molecule has 0 aliphatic heterocycles. The Labute approximate surface area is 140 Å². The number of hydrogen-bond acceptors (Lipinski definition) is 2. The normalized spacial score (nSPS) is 11.2. The van der Waals surface area contributed by atoms with Crippen molar-refractivity contribution in [2.45, 2.75) is 13.3 Å². The van der Waals surface area contributed by atoms with E-state index in [-0.39, 0.29) is 11.7 Å². The number of rotatable bonds is 5. The quantitative estimate of drug-likeness (QED) is 0.629. The molecule has 0 atom stereocenters. The Bertz CT molecular complexity index is 876. The van der Waals surface area contributed by atoms with E-state index in [1.807, 2.05) is 6.20 Å². The van der Waals surface area contributed by atoms with Crippen molar-refractivity contribution in [2.24, 2.45) is 0 Å². The summed E-state index contributed by atoms with van der Waals surface area (Å²) in [5.41, 5.74) is 4.42. The van der Waals surface area contributed by atoms with Gasteiger partial charge >= 0.3 is 0 Å². The Balaban J connectivity index is 1.54. The minimum atomic E-state index is -0.126. The smallest absolute Gasteiger partial charge is 0.244 e. The van der Waals surface area contributed by atoms with Gasteiger partial charge in [-0.05, 0) is 54.8 Å². The fraction of sp³-hybridized carbons (Fsp3) is 0.150. The van der Waals surface area contributed by atoms with Gasteiger partial charge in [-0.25, -0.2) is 0 Å². The number of benzene rings is 2. The number of aromatic hydroxyl groups is 1. The van der Waals surface area contributed by atoms with E-state index in [2.05, 4.69) is 35.4 Å². The van der Waals surface area contributed by atoms with Crippen LogP contribution >= 0.6 is 0 Å². The minimum Gasteiger partial charge on any atom is -0.508 e. The third kappa shape index (κ3) is 3.84. The number of phenolic OH excluding ortho intramolecular Hbond substituents is 1. The highest BCUT2D eigenvalue weighted by Crippen LogP contribution is 2.19. The van der Waals surface area contributed by atoms with E-state index in [9.17, 15) is 9.90 Å². The molecule has 122 valence electrons. The summed E-state index contributed by atoms with van der Waals surface area (Å²) in [7, 11) is 0. The van der Waals surface area contributed by atoms with Crippen molar-refractivity contribution in [1.82, 2.24) is 10.3 Å². The van der Waals surface area contributed by atoms with Gasteiger partial charge in [0.2, 0.25) is 5.91 Å². The van der Waals surface area contributed by atoms with E-state index in [4.69, 9.17) is 0 Å². The van der Waals surface area contributed by atoms with Crippen molar-refractivity contribution in [3.63, 3.8) is 0 Å². The van der Waals surface area contributed by atoms with Crippen LogP contribution in [0.15, 0.2) is 54.7 Å². The highest BCUT2D eigenvalue weighted by Gasteiger charge is 2.04. The van der Waals surface area contributed by atoms with E-state index < -0.39 is 0 Å². The molecular weight excluding hydrogens is 300 g/mol. The zero-order valence-corrected chi connectivity index (χ0v) is 13.5. The van der Waals surface area contributed by atoms with Crippen molar-refractivity contribution in [3.8, 4) is 5.75 Å². The number of carbonyl (C=O) groups excluding carboxylic acids is 1. The Morgan fingerprint density at radius 2 is 2.00 bits per heavy atom. The molecule has 0 spiro atoms. The van der Waals surface area contributed by atoms with Crippen LogP contribution in [-0.2, 0) is 11.2 Å². The lowest BCUT2D eigenvalue weighted by molar-refractivity contribution is -0.116. The second-order valence-electron chi connectivity index (χ2n) is 5.83. The van der Waals surface area contributed by atoms with Gasteiger partial charge in [0.1, 0.15) is 5.75 Å². The van der Waals surface area contributed by atoms with Gasteiger partial charge in [-0.2, -0.15) is 0 Å². The van der Waals surface area contributed by atoms with Crippen LogP contribution in [0.2, 0.25) is 0 Å². The molecular formula is C20H20N2O2. The molecule has 4 heteroatoms. The number of aryl methyl sites for hydroxylation is 1. The molecule has 3 aromatic rings. The minimum absolute atomic E-state index is 0.126. The Morgan fingerprint density at radius 3 is 2.79 bits per heavy atom. The molecule has 0 bridgehead atoms. The predicted octanol–water partition coefficient (Wildman–Crippen LogP) is 3.55. The number of hydrogen-bond donors (Lipinski definition) is 3. The average molecular weight is 320 g/mol. The predicted molar refractivity (Wildman–Crippen MR) is 96.9 cm³/mol. The lowest BCUT2D eigenvalue weighted by Crippen LogP contribution is -2.23.